The summed E-state index contributed by atoms with van der Waals surface area (Å²) in [7, 11) is 0. The number of ether oxygens (including phenoxy) is 1. The first-order chi connectivity index (χ1) is 11.1. The molecule has 0 aromatic carbocycles. The van der Waals surface area contributed by atoms with Crippen molar-refractivity contribution < 1.29 is 22.5 Å². The van der Waals surface area contributed by atoms with Crippen LogP contribution in [-0.2, 0) is 16.1 Å². The summed E-state index contributed by atoms with van der Waals surface area (Å²) in [6, 6.07) is -0.237. The van der Waals surface area contributed by atoms with E-state index in [1.165, 1.54) is 0 Å². The van der Waals surface area contributed by atoms with E-state index < -0.39 is 28.2 Å². The number of hydrogen-bond donors (Lipinski definition) is 1. The topological polar surface area (TPSA) is 44.3 Å². The van der Waals surface area contributed by atoms with E-state index in [0.717, 1.165) is 5.57 Å². The van der Waals surface area contributed by atoms with E-state index in [-0.39, 0.29) is 25.2 Å². The van der Waals surface area contributed by atoms with Crippen molar-refractivity contribution >= 4 is 11.4 Å². The number of nitrogens with one attached hydrogen (secondary N) is 1. The van der Waals surface area contributed by atoms with Crippen molar-refractivity contribution in [3.05, 3.63) is 36.0 Å². The molecule has 1 unspecified atom stereocenters. The highest BCUT2D eigenvalue weighted by Gasteiger charge is 2.42. The molecule has 24 heavy (non-hydrogen) atoms. The second kappa shape index (κ2) is 7.64. The zero-order valence-electron chi connectivity index (χ0n) is 14.1. The molecule has 0 radical (unpaired) electrons. The number of hydrogen-bond acceptors (Lipinski definition) is 3. The number of halogens is 3. The zero-order chi connectivity index (χ0) is 18.0. The normalized spacial score (nSPS) is 31.5. The predicted molar refractivity (Wildman–Crippen MR) is 89.7 cm³/mol. The second-order valence-corrected chi connectivity index (χ2v) is 9.07. The van der Waals surface area contributed by atoms with Crippen LogP contribution >= 0.6 is 0 Å². The summed E-state index contributed by atoms with van der Waals surface area (Å²) in [5.41, 5.74) is 0.866. The molecule has 0 amide bonds. The Hall–Kier alpha value is -0.760. The molecule has 7 heteroatoms. The Bertz CT molecular complexity index is 515. The minimum Gasteiger partial charge on any atom is -0.598 e. The van der Waals surface area contributed by atoms with Gasteiger partial charge in [0, 0.05) is 11.4 Å². The summed E-state index contributed by atoms with van der Waals surface area (Å²) in [4.78, 5) is 0. The molecule has 3 nitrogen and oxygen atoms in total. The molecule has 1 N–H and O–H groups in total. The monoisotopic (exact) mass is 363 g/mol. The van der Waals surface area contributed by atoms with E-state index in [1.807, 2.05) is 51.2 Å². The highest BCUT2D eigenvalue weighted by Crippen LogP contribution is 2.34. The molecule has 0 spiro atoms. The maximum absolute atomic E-state index is 12.7. The Morgan fingerprint density at radius 1 is 1.25 bits per heavy atom. The Morgan fingerprint density at radius 2 is 1.96 bits per heavy atom. The zero-order valence-corrected chi connectivity index (χ0v) is 14.9. The molecular weight excluding hydrogens is 339 g/mol. The molecule has 1 fully saturated rings. The maximum atomic E-state index is 12.7. The summed E-state index contributed by atoms with van der Waals surface area (Å²) in [5.74, 6) is -1.38. The van der Waals surface area contributed by atoms with E-state index in [1.54, 1.807) is 0 Å². The van der Waals surface area contributed by atoms with E-state index in [2.05, 4.69) is 4.72 Å². The van der Waals surface area contributed by atoms with Gasteiger partial charge in [0.25, 0.3) is 0 Å². The predicted octanol–water partition coefficient (Wildman–Crippen LogP) is 3.82. The largest absolute Gasteiger partial charge is 0.598 e. The Morgan fingerprint density at radius 3 is 2.50 bits per heavy atom. The van der Waals surface area contributed by atoms with Crippen LogP contribution in [0.1, 0.15) is 33.6 Å². The standard InChI is InChI=1S/C17H24F3NO2S/c1-16(2,3)24(22)21-15-7-5-4-6-12(15)10-14-9-8-13(11-23-14)17(18,19)20/h4-7,10,13-15,21H,8-9,11H2,1-3H3/b12-10+/t13-,14+,15?,24+/m0/s1. The fourth-order valence-corrected chi connectivity index (χ4v) is 3.29. The molecule has 1 heterocycles. The van der Waals surface area contributed by atoms with Gasteiger partial charge in [0.2, 0.25) is 0 Å². The first kappa shape index (κ1) is 19.6. The van der Waals surface area contributed by atoms with Crippen molar-refractivity contribution in [2.75, 3.05) is 6.61 Å². The first-order valence-corrected chi connectivity index (χ1v) is 9.15. The molecule has 1 aliphatic heterocycles. The van der Waals surface area contributed by atoms with E-state index >= 15 is 0 Å². The third-order valence-corrected chi connectivity index (χ3v) is 5.59. The fraction of sp³-hybridized carbons (Fsp3) is 0.647. The maximum Gasteiger partial charge on any atom is 0.394 e. The number of rotatable bonds is 3. The van der Waals surface area contributed by atoms with Crippen LogP contribution in [0.25, 0.3) is 0 Å². The van der Waals surface area contributed by atoms with Gasteiger partial charge in [-0.25, -0.2) is 0 Å². The van der Waals surface area contributed by atoms with Crippen LogP contribution in [0.3, 0.4) is 0 Å². The summed E-state index contributed by atoms with van der Waals surface area (Å²) in [6.07, 6.45) is 5.17. The molecule has 4 atom stereocenters. The van der Waals surface area contributed by atoms with E-state index in [9.17, 15) is 17.7 Å². The third-order valence-electron chi connectivity index (χ3n) is 4.01. The Balaban J connectivity index is 2.00. The lowest BCUT2D eigenvalue weighted by atomic mass is 9.94. The van der Waals surface area contributed by atoms with Crippen molar-refractivity contribution in [1.29, 1.82) is 0 Å². The highest BCUT2D eigenvalue weighted by molar-refractivity contribution is 7.90. The minimum atomic E-state index is -4.20. The van der Waals surface area contributed by atoms with Gasteiger partial charge in [-0.05, 0) is 39.2 Å². The van der Waals surface area contributed by atoms with E-state index in [0.29, 0.717) is 6.42 Å². The molecular formula is C17H24F3NO2S. The van der Waals surface area contributed by atoms with Crippen LogP contribution in [0.15, 0.2) is 36.0 Å². The van der Waals surface area contributed by atoms with Crippen LogP contribution in [0.5, 0.6) is 0 Å². The van der Waals surface area contributed by atoms with Gasteiger partial charge in [-0.2, -0.15) is 13.2 Å². The minimum absolute atomic E-state index is 0.0729. The fourth-order valence-electron chi connectivity index (χ4n) is 2.49. The van der Waals surface area contributed by atoms with Gasteiger partial charge in [-0.15, -0.1) is 4.72 Å². The van der Waals surface area contributed by atoms with E-state index in [4.69, 9.17) is 4.74 Å². The van der Waals surface area contributed by atoms with Crippen molar-refractivity contribution in [3.63, 3.8) is 0 Å². The molecule has 2 rings (SSSR count). The first-order valence-electron chi connectivity index (χ1n) is 8.00. The number of alkyl halides is 3. The second-order valence-electron chi connectivity index (χ2n) is 7.07. The molecule has 0 aromatic rings. The summed E-state index contributed by atoms with van der Waals surface area (Å²) in [6.45, 7) is 5.33. The van der Waals surface area contributed by atoms with Gasteiger partial charge in [-0.1, -0.05) is 30.4 Å². The van der Waals surface area contributed by atoms with Gasteiger partial charge >= 0.3 is 6.18 Å². The summed E-state index contributed by atoms with van der Waals surface area (Å²) < 4.78 is 58.4. The SMILES string of the molecule is CC(C)(C)[S@@+]([O-])NC1C=CC=C/C1=C\[C@H]1CC[C@H](C(F)(F)F)CO1. The lowest BCUT2D eigenvalue weighted by Crippen LogP contribution is -2.45. The summed E-state index contributed by atoms with van der Waals surface area (Å²) >= 11 is -1.25. The quantitative estimate of drug-likeness (QED) is 0.776. The Labute approximate surface area is 144 Å². The van der Waals surface area contributed by atoms with Crippen molar-refractivity contribution in [1.82, 2.24) is 4.72 Å². The Kier molecular flexibility index (Phi) is 6.23. The molecule has 0 bridgehead atoms. The lowest BCUT2D eigenvalue weighted by molar-refractivity contribution is -0.204. The van der Waals surface area contributed by atoms with Crippen molar-refractivity contribution in [3.8, 4) is 0 Å². The van der Waals surface area contributed by atoms with Gasteiger partial charge in [0.1, 0.15) is 4.75 Å². The van der Waals surface area contributed by atoms with Crippen molar-refractivity contribution in [2.24, 2.45) is 5.92 Å². The van der Waals surface area contributed by atoms with Gasteiger partial charge < -0.3 is 9.29 Å². The molecule has 2 aliphatic rings. The average Bonchev–Trinajstić information content (AvgIpc) is 2.48. The third kappa shape index (κ3) is 5.37. The lowest BCUT2D eigenvalue weighted by Gasteiger charge is -2.31. The average molecular weight is 363 g/mol. The molecule has 0 saturated carbocycles. The molecule has 1 saturated heterocycles. The van der Waals surface area contributed by atoms with Crippen molar-refractivity contribution in [2.45, 2.75) is 56.7 Å². The van der Waals surface area contributed by atoms with Crippen LogP contribution in [0.2, 0.25) is 0 Å². The molecule has 136 valence electrons. The van der Waals surface area contributed by atoms with Crippen LogP contribution in [0.4, 0.5) is 13.2 Å². The van der Waals surface area contributed by atoms with Gasteiger partial charge in [0.05, 0.1) is 24.7 Å². The number of allylic oxidation sites excluding steroid dienone is 2. The molecule has 0 aromatic heterocycles. The van der Waals surface area contributed by atoms with Gasteiger partial charge in [0.15, 0.2) is 0 Å². The highest BCUT2D eigenvalue weighted by atomic mass is 32.2. The van der Waals surface area contributed by atoms with Crippen LogP contribution < -0.4 is 4.72 Å². The van der Waals surface area contributed by atoms with Crippen LogP contribution in [0, 0.1) is 5.92 Å². The molecule has 1 aliphatic carbocycles. The van der Waals surface area contributed by atoms with Crippen LogP contribution in [-0.4, -0.2) is 34.2 Å². The smallest absolute Gasteiger partial charge is 0.394 e. The van der Waals surface area contributed by atoms with Gasteiger partial charge in [-0.3, -0.25) is 0 Å². The summed E-state index contributed by atoms with van der Waals surface area (Å²) in [5, 5.41) is 0.